The lowest BCUT2D eigenvalue weighted by Crippen LogP contribution is -2.30. The van der Waals surface area contributed by atoms with Crippen LogP contribution in [0.15, 0.2) is 59.5 Å². The second-order valence-electron chi connectivity index (χ2n) is 9.11. The molecule has 4 rings (SSSR count). The molecule has 3 aromatic rings. The molecule has 35 heavy (non-hydrogen) atoms. The molecule has 1 aliphatic carbocycles. The highest BCUT2D eigenvalue weighted by atomic mass is 16.4. The van der Waals surface area contributed by atoms with Crippen LogP contribution in [0.5, 0.6) is 0 Å². The summed E-state index contributed by atoms with van der Waals surface area (Å²) in [6.45, 7) is 2.06. The Morgan fingerprint density at radius 2 is 1.74 bits per heavy atom. The van der Waals surface area contributed by atoms with Crippen LogP contribution in [0.4, 0.5) is 0 Å². The SMILES string of the molecule is CC#CCc1cn(C(=O)CC2CCCCC2)c(=O)n1Cc1ccc(-c2ccccc2C(=O)O)cc1. The van der Waals surface area contributed by atoms with Gasteiger partial charge in [-0.15, -0.1) is 5.92 Å². The van der Waals surface area contributed by atoms with Crippen LogP contribution in [0.3, 0.4) is 0 Å². The lowest BCUT2D eigenvalue weighted by Gasteiger charge is -2.20. The molecule has 180 valence electrons. The summed E-state index contributed by atoms with van der Waals surface area (Å²) < 4.78 is 2.88. The van der Waals surface area contributed by atoms with Gasteiger partial charge in [-0.2, -0.15) is 0 Å². The zero-order valence-corrected chi connectivity index (χ0v) is 20.0. The van der Waals surface area contributed by atoms with E-state index in [4.69, 9.17) is 0 Å². The van der Waals surface area contributed by atoms with Gasteiger partial charge in [0.05, 0.1) is 24.2 Å². The molecule has 0 saturated heterocycles. The Bertz CT molecular complexity index is 1330. The largest absolute Gasteiger partial charge is 0.478 e. The maximum absolute atomic E-state index is 13.2. The fourth-order valence-corrected chi connectivity index (χ4v) is 4.82. The predicted molar refractivity (Wildman–Crippen MR) is 136 cm³/mol. The van der Waals surface area contributed by atoms with Gasteiger partial charge in [-0.3, -0.25) is 9.36 Å². The van der Waals surface area contributed by atoms with Crippen molar-refractivity contribution >= 4 is 11.9 Å². The number of hydrogen-bond donors (Lipinski definition) is 1. The molecule has 1 saturated carbocycles. The molecule has 0 bridgehead atoms. The van der Waals surface area contributed by atoms with Gasteiger partial charge in [0, 0.05) is 12.6 Å². The molecule has 1 aliphatic rings. The monoisotopic (exact) mass is 470 g/mol. The van der Waals surface area contributed by atoms with Crippen molar-refractivity contribution in [1.82, 2.24) is 9.13 Å². The number of aromatic carboxylic acids is 1. The Hall–Kier alpha value is -3.85. The van der Waals surface area contributed by atoms with Crippen molar-refractivity contribution in [3.63, 3.8) is 0 Å². The first-order valence-electron chi connectivity index (χ1n) is 12.1. The average molecular weight is 471 g/mol. The standard InChI is InChI=1S/C29H30N2O4/c1-2-3-11-24-20-31(27(32)18-21-9-5-4-6-10-21)29(35)30(24)19-22-14-16-23(17-15-22)25-12-7-8-13-26(25)28(33)34/h7-8,12-17,20-21H,4-6,9-11,18-19H2,1H3,(H,33,34). The summed E-state index contributed by atoms with van der Waals surface area (Å²) in [6, 6.07) is 14.4. The lowest BCUT2D eigenvalue weighted by atomic mass is 9.87. The summed E-state index contributed by atoms with van der Waals surface area (Å²) in [6.07, 6.45) is 8.06. The van der Waals surface area contributed by atoms with Crippen molar-refractivity contribution in [3.8, 4) is 23.0 Å². The maximum Gasteiger partial charge on any atom is 0.336 e. The zero-order valence-electron chi connectivity index (χ0n) is 20.0. The maximum atomic E-state index is 13.2. The van der Waals surface area contributed by atoms with Crippen LogP contribution in [-0.2, 0) is 13.0 Å². The minimum atomic E-state index is -0.975. The van der Waals surface area contributed by atoms with Crippen molar-refractivity contribution in [2.45, 2.75) is 58.4 Å². The normalized spacial score (nSPS) is 13.7. The number of carbonyl (C=O) groups is 2. The highest BCUT2D eigenvalue weighted by Crippen LogP contribution is 2.27. The number of carboxylic acid groups (broad SMARTS) is 1. The van der Waals surface area contributed by atoms with E-state index < -0.39 is 5.97 Å². The molecular weight excluding hydrogens is 440 g/mol. The van der Waals surface area contributed by atoms with Gasteiger partial charge in [0.1, 0.15) is 0 Å². The molecule has 1 heterocycles. The first kappa shape index (κ1) is 24.3. The van der Waals surface area contributed by atoms with Gasteiger partial charge >= 0.3 is 11.7 Å². The molecule has 0 amide bonds. The summed E-state index contributed by atoms with van der Waals surface area (Å²) in [5.41, 5.74) is 2.93. The molecule has 6 nitrogen and oxygen atoms in total. The van der Waals surface area contributed by atoms with Crippen LogP contribution in [0, 0.1) is 17.8 Å². The van der Waals surface area contributed by atoms with E-state index in [2.05, 4.69) is 11.8 Å². The number of carbonyl (C=O) groups excluding carboxylic acids is 1. The third-order valence-electron chi connectivity index (χ3n) is 6.73. The number of nitrogens with zero attached hydrogens (tertiary/aromatic N) is 2. The van der Waals surface area contributed by atoms with Gasteiger partial charge in [0.25, 0.3) is 0 Å². The number of benzene rings is 2. The molecule has 1 aromatic heterocycles. The molecule has 0 unspecified atom stereocenters. The topological polar surface area (TPSA) is 81.3 Å². The Labute approximate surface area is 205 Å². The molecule has 1 N–H and O–H groups in total. The van der Waals surface area contributed by atoms with E-state index in [9.17, 15) is 19.5 Å². The molecule has 1 fully saturated rings. The molecule has 6 heteroatoms. The van der Waals surface area contributed by atoms with Crippen molar-refractivity contribution in [3.05, 3.63) is 82.0 Å². The van der Waals surface area contributed by atoms with Crippen LogP contribution >= 0.6 is 0 Å². The van der Waals surface area contributed by atoms with E-state index in [1.165, 1.54) is 11.0 Å². The second kappa shape index (κ2) is 11.1. The third-order valence-corrected chi connectivity index (χ3v) is 6.73. The van der Waals surface area contributed by atoms with Crippen molar-refractivity contribution in [2.24, 2.45) is 5.92 Å². The quantitative estimate of drug-likeness (QED) is 0.479. The second-order valence-corrected chi connectivity index (χ2v) is 9.11. The van der Waals surface area contributed by atoms with Gasteiger partial charge in [0.15, 0.2) is 0 Å². The van der Waals surface area contributed by atoms with Crippen LogP contribution in [0.1, 0.15) is 71.9 Å². The van der Waals surface area contributed by atoms with Crippen LogP contribution in [-0.4, -0.2) is 26.1 Å². The van der Waals surface area contributed by atoms with E-state index in [0.717, 1.165) is 36.8 Å². The van der Waals surface area contributed by atoms with E-state index in [-0.39, 0.29) is 17.2 Å². The third kappa shape index (κ3) is 5.63. The molecule has 0 aliphatic heterocycles. The molecule has 2 aromatic carbocycles. The number of rotatable bonds is 7. The fourth-order valence-electron chi connectivity index (χ4n) is 4.82. The Kier molecular flexibility index (Phi) is 7.67. The number of hydrogen-bond acceptors (Lipinski definition) is 3. The summed E-state index contributed by atoms with van der Waals surface area (Å²) in [5.74, 6) is 5.10. The van der Waals surface area contributed by atoms with Crippen molar-refractivity contribution < 1.29 is 14.7 Å². The number of carboxylic acids is 1. The Balaban J connectivity index is 1.59. The number of aromatic nitrogens is 2. The van der Waals surface area contributed by atoms with E-state index in [1.807, 2.05) is 30.3 Å². The highest BCUT2D eigenvalue weighted by molar-refractivity contribution is 5.96. The van der Waals surface area contributed by atoms with Crippen molar-refractivity contribution in [2.75, 3.05) is 0 Å². The van der Waals surface area contributed by atoms with E-state index in [1.54, 1.807) is 35.9 Å². The average Bonchev–Trinajstić information content (AvgIpc) is 3.18. The molecule has 0 atom stereocenters. The molecular formula is C29H30N2O4. The highest BCUT2D eigenvalue weighted by Gasteiger charge is 2.21. The summed E-state index contributed by atoms with van der Waals surface area (Å²) in [4.78, 5) is 37.8. The minimum Gasteiger partial charge on any atom is -0.478 e. The Morgan fingerprint density at radius 3 is 2.43 bits per heavy atom. The molecule has 0 radical (unpaired) electrons. The van der Waals surface area contributed by atoms with Crippen LogP contribution in [0.25, 0.3) is 11.1 Å². The minimum absolute atomic E-state index is 0.146. The molecule has 0 spiro atoms. The van der Waals surface area contributed by atoms with Crippen molar-refractivity contribution in [1.29, 1.82) is 0 Å². The van der Waals surface area contributed by atoms with Gasteiger partial charge in [-0.05, 0) is 48.4 Å². The van der Waals surface area contributed by atoms with Gasteiger partial charge < -0.3 is 5.11 Å². The van der Waals surface area contributed by atoms with Crippen LogP contribution in [0.2, 0.25) is 0 Å². The van der Waals surface area contributed by atoms with E-state index in [0.29, 0.717) is 36.6 Å². The van der Waals surface area contributed by atoms with Gasteiger partial charge in [-0.1, -0.05) is 67.6 Å². The fraction of sp³-hybridized carbons (Fsp3) is 0.345. The first-order valence-corrected chi connectivity index (χ1v) is 12.1. The summed E-state index contributed by atoms with van der Waals surface area (Å²) >= 11 is 0. The summed E-state index contributed by atoms with van der Waals surface area (Å²) in [5, 5.41) is 9.48. The predicted octanol–water partition coefficient (Wildman–Crippen LogP) is 5.24. The lowest BCUT2D eigenvalue weighted by molar-refractivity contribution is 0.0697. The summed E-state index contributed by atoms with van der Waals surface area (Å²) in [7, 11) is 0. The smallest absolute Gasteiger partial charge is 0.336 e. The first-order chi connectivity index (χ1) is 17.0. The van der Waals surface area contributed by atoms with Crippen LogP contribution < -0.4 is 5.69 Å². The zero-order chi connectivity index (χ0) is 24.8. The number of imidazole rings is 1. The van der Waals surface area contributed by atoms with E-state index >= 15 is 0 Å². The van der Waals surface area contributed by atoms with Gasteiger partial charge in [0.2, 0.25) is 5.91 Å². The Morgan fingerprint density at radius 1 is 1.03 bits per heavy atom. The van der Waals surface area contributed by atoms with Gasteiger partial charge in [-0.25, -0.2) is 14.2 Å².